The molecule has 5 heteroatoms. The molecule has 0 aliphatic heterocycles. The van der Waals surface area contributed by atoms with E-state index in [0.717, 1.165) is 12.2 Å². The zero-order chi connectivity index (χ0) is 8.85. The van der Waals surface area contributed by atoms with Crippen molar-refractivity contribution in [2.24, 2.45) is 0 Å². The van der Waals surface area contributed by atoms with Crippen LogP contribution in [0.5, 0.6) is 0 Å². The van der Waals surface area contributed by atoms with Gasteiger partial charge in [-0.05, 0) is 6.08 Å². The van der Waals surface area contributed by atoms with Gasteiger partial charge < -0.3 is 10.2 Å². The van der Waals surface area contributed by atoms with Gasteiger partial charge in [-0.2, -0.15) is 0 Å². The fourth-order valence-corrected chi connectivity index (χ4v) is 0.473. The Labute approximate surface area is 67.4 Å². The summed E-state index contributed by atoms with van der Waals surface area (Å²) in [5, 5.41) is 16.0. The lowest BCUT2D eigenvalue weighted by molar-refractivity contribution is -0.132. The second-order valence-electron chi connectivity index (χ2n) is 1.54. The van der Waals surface area contributed by atoms with E-state index in [4.69, 9.17) is 21.8 Å². The van der Waals surface area contributed by atoms with Crippen LogP contribution in [0, 0.1) is 0 Å². The SMILES string of the molecule is O=C(O)/C=C\C(Cl)=C/C(=O)O. The highest BCUT2D eigenvalue weighted by atomic mass is 35.5. The van der Waals surface area contributed by atoms with Gasteiger partial charge in [0.2, 0.25) is 0 Å². The summed E-state index contributed by atoms with van der Waals surface area (Å²) < 4.78 is 0. The Balaban J connectivity index is 4.17. The lowest BCUT2D eigenvalue weighted by Gasteiger charge is -1.83. The third-order valence-electron chi connectivity index (χ3n) is 0.646. The maximum Gasteiger partial charge on any atom is 0.329 e. The molecule has 0 heterocycles. The Bertz CT molecular complexity index is 229. The van der Waals surface area contributed by atoms with Crippen LogP contribution in [-0.2, 0) is 9.59 Å². The molecule has 0 aromatic rings. The van der Waals surface area contributed by atoms with Gasteiger partial charge in [0.1, 0.15) is 0 Å². The van der Waals surface area contributed by atoms with E-state index >= 15 is 0 Å². The van der Waals surface area contributed by atoms with Crippen molar-refractivity contribution in [1.82, 2.24) is 0 Å². The number of halogens is 1. The fraction of sp³-hybridized carbons (Fsp3) is 0. The average molecular weight is 177 g/mol. The minimum atomic E-state index is -1.22. The van der Waals surface area contributed by atoms with Crippen LogP contribution in [-0.4, -0.2) is 22.2 Å². The second-order valence-corrected chi connectivity index (χ2v) is 1.98. The van der Waals surface area contributed by atoms with Gasteiger partial charge in [0, 0.05) is 17.2 Å². The maximum absolute atomic E-state index is 9.91. The van der Waals surface area contributed by atoms with Crippen molar-refractivity contribution in [2.75, 3.05) is 0 Å². The molecule has 2 N–H and O–H groups in total. The molecule has 0 aromatic carbocycles. The molecule has 0 unspecified atom stereocenters. The molecule has 4 nitrogen and oxygen atoms in total. The van der Waals surface area contributed by atoms with E-state index in [1.165, 1.54) is 0 Å². The van der Waals surface area contributed by atoms with Gasteiger partial charge in [0.25, 0.3) is 0 Å². The standard InChI is InChI=1S/C6H5ClO4/c7-4(3-6(10)11)1-2-5(8)9/h1-3H,(H,8,9)(H,10,11)/b2-1-,4-3+. The Morgan fingerprint density at radius 3 is 2.00 bits per heavy atom. The van der Waals surface area contributed by atoms with Crippen molar-refractivity contribution in [3.8, 4) is 0 Å². The van der Waals surface area contributed by atoms with Crippen LogP contribution < -0.4 is 0 Å². The molecule has 0 radical (unpaired) electrons. The van der Waals surface area contributed by atoms with Gasteiger partial charge in [-0.3, -0.25) is 0 Å². The van der Waals surface area contributed by atoms with Crippen molar-refractivity contribution in [3.05, 3.63) is 23.3 Å². The Hall–Kier alpha value is -1.29. The predicted octanol–water partition coefficient (Wildman–Crippen LogP) is 0.835. The summed E-state index contributed by atoms with van der Waals surface area (Å²) in [6.07, 6.45) is 2.43. The molecule has 0 bridgehead atoms. The Morgan fingerprint density at radius 2 is 1.64 bits per heavy atom. The van der Waals surface area contributed by atoms with E-state index in [-0.39, 0.29) is 5.03 Å². The summed E-state index contributed by atoms with van der Waals surface area (Å²) >= 11 is 5.25. The van der Waals surface area contributed by atoms with Crippen LogP contribution in [0.2, 0.25) is 0 Å². The first kappa shape index (κ1) is 9.71. The quantitative estimate of drug-likeness (QED) is 0.494. The molecule has 0 atom stereocenters. The van der Waals surface area contributed by atoms with E-state index in [0.29, 0.717) is 6.08 Å². The highest BCUT2D eigenvalue weighted by Gasteiger charge is 1.92. The van der Waals surface area contributed by atoms with Gasteiger partial charge >= 0.3 is 11.9 Å². The number of hydrogen-bond donors (Lipinski definition) is 2. The lowest BCUT2D eigenvalue weighted by Crippen LogP contribution is -1.89. The predicted molar refractivity (Wildman–Crippen MR) is 38.3 cm³/mol. The molecule has 11 heavy (non-hydrogen) atoms. The number of rotatable bonds is 3. The number of aliphatic carboxylic acids is 2. The van der Waals surface area contributed by atoms with Crippen LogP contribution in [0.3, 0.4) is 0 Å². The summed E-state index contributed by atoms with van der Waals surface area (Å²) in [5.74, 6) is -2.40. The molecule has 0 saturated heterocycles. The Morgan fingerprint density at radius 1 is 1.09 bits per heavy atom. The van der Waals surface area contributed by atoms with E-state index in [1.54, 1.807) is 0 Å². The number of allylic oxidation sites excluding steroid dienone is 2. The molecule has 0 rings (SSSR count). The highest BCUT2D eigenvalue weighted by Crippen LogP contribution is 2.01. The monoisotopic (exact) mass is 176 g/mol. The molecule has 0 spiro atoms. The molecular weight excluding hydrogens is 172 g/mol. The Kier molecular flexibility index (Phi) is 3.98. The van der Waals surface area contributed by atoms with Gasteiger partial charge in [-0.1, -0.05) is 11.6 Å². The second kappa shape index (κ2) is 4.51. The molecule has 0 aromatic heterocycles. The highest BCUT2D eigenvalue weighted by molar-refractivity contribution is 6.32. The van der Waals surface area contributed by atoms with Crippen LogP contribution >= 0.6 is 11.6 Å². The zero-order valence-corrected chi connectivity index (χ0v) is 6.08. The van der Waals surface area contributed by atoms with E-state index in [1.807, 2.05) is 0 Å². The summed E-state index contributed by atoms with van der Waals surface area (Å²) in [4.78, 5) is 19.8. The number of carbonyl (C=O) groups is 2. The first-order valence-corrected chi connectivity index (χ1v) is 2.91. The minimum absolute atomic E-state index is 0.139. The van der Waals surface area contributed by atoms with Crippen molar-refractivity contribution in [3.63, 3.8) is 0 Å². The topological polar surface area (TPSA) is 74.6 Å². The van der Waals surface area contributed by atoms with Gasteiger partial charge in [-0.25, -0.2) is 9.59 Å². The fourth-order valence-electron chi connectivity index (χ4n) is 0.317. The van der Waals surface area contributed by atoms with Crippen LogP contribution in [0.1, 0.15) is 0 Å². The van der Waals surface area contributed by atoms with Crippen molar-refractivity contribution >= 4 is 23.5 Å². The van der Waals surface area contributed by atoms with Gasteiger partial charge in [0.15, 0.2) is 0 Å². The molecular formula is C6H5ClO4. The summed E-state index contributed by atoms with van der Waals surface area (Å²) in [5.41, 5.74) is 0. The number of carboxylic acids is 2. The summed E-state index contributed by atoms with van der Waals surface area (Å²) in [6.45, 7) is 0. The lowest BCUT2D eigenvalue weighted by atomic mass is 10.4. The molecule has 0 amide bonds. The molecule has 0 fully saturated rings. The van der Waals surface area contributed by atoms with Crippen LogP contribution in [0.15, 0.2) is 23.3 Å². The summed E-state index contributed by atoms with van der Waals surface area (Å²) in [6, 6.07) is 0. The molecule has 0 aliphatic carbocycles. The van der Waals surface area contributed by atoms with Gasteiger partial charge in [-0.15, -0.1) is 0 Å². The van der Waals surface area contributed by atoms with Crippen LogP contribution in [0.4, 0.5) is 0 Å². The van der Waals surface area contributed by atoms with E-state index in [2.05, 4.69) is 0 Å². The largest absolute Gasteiger partial charge is 0.478 e. The summed E-state index contributed by atoms with van der Waals surface area (Å²) in [7, 11) is 0. The zero-order valence-electron chi connectivity index (χ0n) is 5.32. The van der Waals surface area contributed by atoms with E-state index in [9.17, 15) is 9.59 Å². The number of carboxylic acid groups (broad SMARTS) is 2. The van der Waals surface area contributed by atoms with Crippen LogP contribution in [0.25, 0.3) is 0 Å². The normalized spacial score (nSPS) is 11.9. The minimum Gasteiger partial charge on any atom is -0.478 e. The average Bonchev–Trinajstić information content (AvgIpc) is 1.82. The van der Waals surface area contributed by atoms with Crippen molar-refractivity contribution < 1.29 is 19.8 Å². The smallest absolute Gasteiger partial charge is 0.329 e. The van der Waals surface area contributed by atoms with Crippen molar-refractivity contribution in [2.45, 2.75) is 0 Å². The molecule has 60 valence electrons. The third kappa shape index (κ3) is 6.60. The third-order valence-corrected chi connectivity index (χ3v) is 0.882. The number of hydrogen-bond acceptors (Lipinski definition) is 2. The van der Waals surface area contributed by atoms with Crippen molar-refractivity contribution in [1.29, 1.82) is 0 Å². The van der Waals surface area contributed by atoms with E-state index < -0.39 is 11.9 Å². The maximum atomic E-state index is 9.91. The van der Waals surface area contributed by atoms with Gasteiger partial charge in [0.05, 0.1) is 0 Å². The molecule has 0 aliphatic rings. The first-order chi connectivity index (χ1) is 5.02. The first-order valence-electron chi connectivity index (χ1n) is 2.53. The molecule has 0 saturated carbocycles.